The lowest BCUT2D eigenvalue weighted by Gasteiger charge is -2.32. The van der Waals surface area contributed by atoms with Crippen molar-refractivity contribution in [2.24, 2.45) is 5.92 Å². The minimum Gasteiger partial charge on any atom is -0.457 e. The first kappa shape index (κ1) is 13.5. The second kappa shape index (κ2) is 5.87. The molecule has 1 heterocycles. The number of nitrogens with zero attached hydrogens (tertiary/aromatic N) is 1. The Morgan fingerprint density at radius 2 is 1.71 bits per heavy atom. The van der Waals surface area contributed by atoms with Crippen LogP contribution in [0.1, 0.15) is 13.3 Å². The lowest BCUT2D eigenvalue weighted by molar-refractivity contribution is -0.126. The van der Waals surface area contributed by atoms with E-state index in [-0.39, 0.29) is 11.8 Å². The molecule has 4 nitrogen and oxygen atoms in total. The molecule has 108 valence electrons. The molecule has 3 rings (SSSR count). The van der Waals surface area contributed by atoms with Crippen LogP contribution in [0, 0.1) is 5.92 Å². The molecule has 1 N–H and O–H groups in total. The van der Waals surface area contributed by atoms with Gasteiger partial charge in [0.15, 0.2) is 0 Å². The van der Waals surface area contributed by atoms with Crippen LogP contribution in [0.5, 0.6) is 11.5 Å². The Morgan fingerprint density at radius 3 is 2.38 bits per heavy atom. The van der Waals surface area contributed by atoms with Gasteiger partial charge in [-0.1, -0.05) is 25.1 Å². The van der Waals surface area contributed by atoms with Crippen LogP contribution in [0.25, 0.3) is 0 Å². The summed E-state index contributed by atoms with van der Waals surface area (Å²) in [6.45, 7) is 2.77. The summed E-state index contributed by atoms with van der Waals surface area (Å²) in [4.78, 5) is 11.7. The predicted molar refractivity (Wildman–Crippen MR) is 82.2 cm³/mol. The molecule has 1 amide bonds. The Balaban J connectivity index is 1.68. The van der Waals surface area contributed by atoms with Crippen LogP contribution >= 0.6 is 0 Å². The van der Waals surface area contributed by atoms with Gasteiger partial charge in [0.05, 0.1) is 5.69 Å². The lowest BCUT2D eigenvalue weighted by Crippen LogP contribution is -2.50. The number of para-hydroxylation sites is 1. The number of nitrogens with one attached hydrogen (secondary N) is 1. The molecule has 2 aromatic carbocycles. The topological polar surface area (TPSA) is 41.6 Å². The fraction of sp³-hybridized carbons (Fsp3) is 0.235. The van der Waals surface area contributed by atoms with Crippen LogP contribution in [-0.4, -0.2) is 12.5 Å². The molecular formula is C17H18N2O2. The van der Waals surface area contributed by atoms with E-state index in [4.69, 9.17) is 4.74 Å². The molecule has 4 heteroatoms. The molecule has 1 unspecified atom stereocenters. The third kappa shape index (κ3) is 3.16. The molecule has 0 aliphatic carbocycles. The number of ether oxygens (including phenoxy) is 1. The SMILES string of the molecule is CC1CCN(c2ccc(Oc3ccccc3)cc2)NC1=O. The van der Waals surface area contributed by atoms with E-state index in [1.54, 1.807) is 0 Å². The summed E-state index contributed by atoms with van der Waals surface area (Å²) in [5, 5.41) is 1.88. The quantitative estimate of drug-likeness (QED) is 0.938. The molecule has 1 aliphatic heterocycles. The maximum atomic E-state index is 11.7. The normalized spacial score (nSPS) is 18.2. The second-order valence-electron chi connectivity index (χ2n) is 5.23. The number of hydrazine groups is 1. The summed E-state index contributed by atoms with van der Waals surface area (Å²) in [7, 11) is 0. The molecule has 1 fully saturated rings. The summed E-state index contributed by atoms with van der Waals surface area (Å²) in [6, 6.07) is 17.4. The molecule has 2 aromatic rings. The maximum Gasteiger partial charge on any atom is 0.241 e. The molecule has 0 spiro atoms. The van der Waals surface area contributed by atoms with Crippen molar-refractivity contribution in [3.05, 3.63) is 54.6 Å². The molecule has 0 saturated carbocycles. The van der Waals surface area contributed by atoms with Gasteiger partial charge in [-0.25, -0.2) is 0 Å². The summed E-state index contributed by atoms with van der Waals surface area (Å²) < 4.78 is 5.75. The molecule has 1 atom stereocenters. The summed E-state index contributed by atoms with van der Waals surface area (Å²) in [5.41, 5.74) is 3.87. The fourth-order valence-corrected chi connectivity index (χ4v) is 2.27. The highest BCUT2D eigenvalue weighted by Gasteiger charge is 2.22. The van der Waals surface area contributed by atoms with Gasteiger partial charge in [-0.3, -0.25) is 15.2 Å². The Bertz CT molecular complexity index is 610. The lowest BCUT2D eigenvalue weighted by atomic mass is 10.1. The first-order valence-electron chi connectivity index (χ1n) is 7.13. The van der Waals surface area contributed by atoms with Crippen LogP contribution in [0.4, 0.5) is 5.69 Å². The second-order valence-corrected chi connectivity index (χ2v) is 5.23. The van der Waals surface area contributed by atoms with Gasteiger partial charge in [0.2, 0.25) is 5.91 Å². The minimum atomic E-state index is 0.0749. The number of hydrogen-bond donors (Lipinski definition) is 1. The van der Waals surface area contributed by atoms with E-state index in [1.807, 2.05) is 66.5 Å². The third-order valence-corrected chi connectivity index (χ3v) is 3.61. The van der Waals surface area contributed by atoms with Gasteiger partial charge in [0.25, 0.3) is 0 Å². The Labute approximate surface area is 124 Å². The van der Waals surface area contributed by atoms with Crippen LogP contribution in [0.2, 0.25) is 0 Å². The van der Waals surface area contributed by atoms with Crippen LogP contribution < -0.4 is 15.2 Å². The fourth-order valence-electron chi connectivity index (χ4n) is 2.27. The number of benzene rings is 2. The van der Waals surface area contributed by atoms with E-state index in [2.05, 4.69) is 5.43 Å². The highest BCUT2D eigenvalue weighted by molar-refractivity contribution is 5.81. The van der Waals surface area contributed by atoms with Crippen molar-refractivity contribution in [1.82, 2.24) is 5.43 Å². The van der Waals surface area contributed by atoms with Crippen molar-refractivity contribution < 1.29 is 9.53 Å². The van der Waals surface area contributed by atoms with Gasteiger partial charge >= 0.3 is 0 Å². The van der Waals surface area contributed by atoms with E-state index in [0.717, 1.165) is 30.2 Å². The van der Waals surface area contributed by atoms with E-state index in [9.17, 15) is 4.79 Å². The Kier molecular flexibility index (Phi) is 3.77. The summed E-state index contributed by atoms with van der Waals surface area (Å²) in [5.74, 6) is 1.75. The first-order valence-corrected chi connectivity index (χ1v) is 7.13. The molecule has 0 radical (unpaired) electrons. The van der Waals surface area contributed by atoms with Gasteiger partial charge in [-0.15, -0.1) is 0 Å². The van der Waals surface area contributed by atoms with Gasteiger partial charge in [-0.2, -0.15) is 0 Å². The smallest absolute Gasteiger partial charge is 0.241 e. The zero-order chi connectivity index (χ0) is 14.7. The van der Waals surface area contributed by atoms with Crippen molar-refractivity contribution in [2.45, 2.75) is 13.3 Å². The van der Waals surface area contributed by atoms with Crippen molar-refractivity contribution >= 4 is 11.6 Å². The van der Waals surface area contributed by atoms with E-state index >= 15 is 0 Å². The van der Waals surface area contributed by atoms with Gasteiger partial charge in [0.1, 0.15) is 11.5 Å². The molecule has 1 aliphatic rings. The average molecular weight is 282 g/mol. The van der Waals surface area contributed by atoms with Crippen LogP contribution in [0.15, 0.2) is 54.6 Å². The highest BCUT2D eigenvalue weighted by Crippen LogP contribution is 2.25. The Hall–Kier alpha value is -2.49. The summed E-state index contributed by atoms with van der Waals surface area (Å²) >= 11 is 0. The monoisotopic (exact) mass is 282 g/mol. The van der Waals surface area contributed by atoms with Crippen molar-refractivity contribution in [3.8, 4) is 11.5 Å². The van der Waals surface area contributed by atoms with Gasteiger partial charge in [-0.05, 0) is 42.8 Å². The molecule has 0 aromatic heterocycles. The molecule has 1 saturated heterocycles. The largest absolute Gasteiger partial charge is 0.457 e. The van der Waals surface area contributed by atoms with Gasteiger partial charge < -0.3 is 4.74 Å². The van der Waals surface area contributed by atoms with E-state index in [0.29, 0.717) is 0 Å². The predicted octanol–water partition coefficient (Wildman–Crippen LogP) is 3.36. The first-order chi connectivity index (χ1) is 10.2. The number of carbonyl (C=O) groups is 1. The molecular weight excluding hydrogens is 264 g/mol. The molecule has 21 heavy (non-hydrogen) atoms. The minimum absolute atomic E-state index is 0.0749. The number of hydrogen-bond acceptors (Lipinski definition) is 3. The number of rotatable bonds is 3. The number of carbonyl (C=O) groups excluding carboxylic acids is 1. The number of amides is 1. The van der Waals surface area contributed by atoms with E-state index in [1.165, 1.54) is 0 Å². The van der Waals surface area contributed by atoms with Crippen LogP contribution in [0.3, 0.4) is 0 Å². The molecule has 0 bridgehead atoms. The van der Waals surface area contributed by atoms with E-state index < -0.39 is 0 Å². The zero-order valence-corrected chi connectivity index (χ0v) is 12.0. The third-order valence-electron chi connectivity index (χ3n) is 3.61. The van der Waals surface area contributed by atoms with Crippen LogP contribution in [-0.2, 0) is 4.79 Å². The van der Waals surface area contributed by atoms with Crippen molar-refractivity contribution in [3.63, 3.8) is 0 Å². The highest BCUT2D eigenvalue weighted by atomic mass is 16.5. The van der Waals surface area contributed by atoms with Crippen molar-refractivity contribution in [1.29, 1.82) is 0 Å². The Morgan fingerprint density at radius 1 is 1.05 bits per heavy atom. The zero-order valence-electron chi connectivity index (χ0n) is 12.0. The summed E-state index contributed by atoms with van der Waals surface area (Å²) in [6.07, 6.45) is 0.869. The maximum absolute atomic E-state index is 11.7. The standard InChI is InChI=1S/C17H18N2O2/c1-13-11-12-19(18-17(13)20)14-7-9-16(10-8-14)21-15-5-3-2-4-6-15/h2-10,13H,11-12H2,1H3,(H,18,20). The van der Waals surface area contributed by atoms with Gasteiger partial charge in [0, 0.05) is 12.5 Å². The van der Waals surface area contributed by atoms with Crippen molar-refractivity contribution in [2.75, 3.05) is 11.6 Å². The number of anilines is 1. The average Bonchev–Trinajstić information content (AvgIpc) is 2.52.